The minimum Gasteiger partial charge on any atom is -0.328 e. The Morgan fingerprint density at radius 1 is 1.31 bits per heavy atom. The van der Waals surface area contributed by atoms with E-state index in [-0.39, 0.29) is 5.41 Å². The molecule has 16 heavy (non-hydrogen) atoms. The molecule has 3 heteroatoms. The lowest BCUT2D eigenvalue weighted by atomic mass is 9.88. The van der Waals surface area contributed by atoms with Crippen molar-refractivity contribution in [1.29, 1.82) is 5.26 Å². The summed E-state index contributed by atoms with van der Waals surface area (Å²) in [4.78, 5) is 2.41. The quantitative estimate of drug-likeness (QED) is 0.794. The Balaban J connectivity index is 2.30. The number of nitrogens with two attached hydrogens (primary N) is 1. The van der Waals surface area contributed by atoms with Gasteiger partial charge in [0, 0.05) is 12.1 Å². The van der Waals surface area contributed by atoms with Crippen LogP contribution in [-0.2, 0) is 0 Å². The predicted octanol–water partition coefficient (Wildman–Crippen LogP) is 2.13. The Kier molecular flexibility index (Phi) is 4.76. The van der Waals surface area contributed by atoms with Gasteiger partial charge in [0.1, 0.15) is 0 Å². The lowest BCUT2D eigenvalue weighted by molar-refractivity contribution is 0.169. The van der Waals surface area contributed by atoms with Crippen LogP contribution in [0, 0.1) is 16.7 Å². The van der Waals surface area contributed by atoms with Gasteiger partial charge in [0.25, 0.3) is 0 Å². The second-order valence-corrected chi connectivity index (χ2v) is 5.79. The van der Waals surface area contributed by atoms with Crippen LogP contribution in [0.15, 0.2) is 0 Å². The van der Waals surface area contributed by atoms with E-state index < -0.39 is 0 Å². The van der Waals surface area contributed by atoms with E-state index in [0.29, 0.717) is 12.1 Å². The summed E-state index contributed by atoms with van der Waals surface area (Å²) in [5.41, 5.74) is 5.71. The van der Waals surface area contributed by atoms with Gasteiger partial charge in [-0.05, 0) is 59.5 Å². The van der Waals surface area contributed by atoms with E-state index in [4.69, 9.17) is 11.0 Å². The van der Waals surface area contributed by atoms with Crippen LogP contribution in [0.4, 0.5) is 0 Å². The van der Waals surface area contributed by atoms with Gasteiger partial charge in [-0.2, -0.15) is 5.26 Å². The molecule has 3 nitrogen and oxygen atoms in total. The first-order valence-corrected chi connectivity index (χ1v) is 6.32. The first-order chi connectivity index (χ1) is 7.44. The standard InChI is InChI=1S/C13H25N3/c1-13(2,10-14)8-9-16(3)12-6-4-11(15)5-7-12/h11-12H,4-9,15H2,1-3H3. The minimum absolute atomic E-state index is 0.195. The van der Waals surface area contributed by atoms with Crippen molar-refractivity contribution < 1.29 is 0 Å². The van der Waals surface area contributed by atoms with E-state index >= 15 is 0 Å². The van der Waals surface area contributed by atoms with Gasteiger partial charge in [0.2, 0.25) is 0 Å². The normalized spacial score (nSPS) is 26.8. The summed E-state index contributed by atoms with van der Waals surface area (Å²) in [5.74, 6) is 0. The van der Waals surface area contributed by atoms with Crippen LogP contribution in [0.3, 0.4) is 0 Å². The fraction of sp³-hybridized carbons (Fsp3) is 0.923. The molecule has 0 aromatic carbocycles. The van der Waals surface area contributed by atoms with Crippen molar-refractivity contribution in [3.63, 3.8) is 0 Å². The zero-order chi connectivity index (χ0) is 12.2. The van der Waals surface area contributed by atoms with E-state index in [1.165, 1.54) is 12.8 Å². The Labute approximate surface area is 99.6 Å². The zero-order valence-corrected chi connectivity index (χ0v) is 10.9. The largest absolute Gasteiger partial charge is 0.328 e. The lowest BCUT2D eigenvalue weighted by Crippen LogP contribution is -2.39. The van der Waals surface area contributed by atoms with Gasteiger partial charge in [-0.25, -0.2) is 0 Å². The van der Waals surface area contributed by atoms with Crippen molar-refractivity contribution in [2.45, 2.75) is 58.0 Å². The number of nitrogens with zero attached hydrogens (tertiary/aromatic N) is 2. The number of hydrogen-bond acceptors (Lipinski definition) is 3. The van der Waals surface area contributed by atoms with E-state index in [0.717, 1.165) is 25.8 Å². The smallest absolute Gasteiger partial charge is 0.0684 e. The average Bonchev–Trinajstić information content (AvgIpc) is 2.27. The Morgan fingerprint density at radius 2 is 1.88 bits per heavy atom. The van der Waals surface area contributed by atoms with Crippen LogP contribution >= 0.6 is 0 Å². The van der Waals surface area contributed by atoms with Gasteiger partial charge >= 0.3 is 0 Å². The summed E-state index contributed by atoms with van der Waals surface area (Å²) in [6, 6.07) is 3.45. The molecule has 0 saturated heterocycles. The van der Waals surface area contributed by atoms with Gasteiger partial charge in [-0.3, -0.25) is 0 Å². The molecule has 0 spiro atoms. The van der Waals surface area contributed by atoms with Crippen LogP contribution < -0.4 is 5.73 Å². The number of nitriles is 1. The van der Waals surface area contributed by atoms with E-state index in [2.05, 4.69) is 18.0 Å². The second-order valence-electron chi connectivity index (χ2n) is 5.79. The molecule has 1 saturated carbocycles. The van der Waals surface area contributed by atoms with Gasteiger partial charge < -0.3 is 10.6 Å². The van der Waals surface area contributed by atoms with Crippen LogP contribution in [0.1, 0.15) is 46.0 Å². The van der Waals surface area contributed by atoms with Gasteiger partial charge in [0.05, 0.1) is 11.5 Å². The molecular formula is C13H25N3. The summed E-state index contributed by atoms with van der Waals surface area (Å²) >= 11 is 0. The van der Waals surface area contributed by atoms with Crippen molar-refractivity contribution >= 4 is 0 Å². The van der Waals surface area contributed by atoms with Crippen molar-refractivity contribution in [2.24, 2.45) is 11.1 Å². The van der Waals surface area contributed by atoms with E-state index in [9.17, 15) is 0 Å². The van der Waals surface area contributed by atoms with E-state index in [1.807, 2.05) is 13.8 Å². The maximum absolute atomic E-state index is 8.97. The third kappa shape index (κ3) is 4.11. The molecule has 0 aromatic heterocycles. The van der Waals surface area contributed by atoms with Crippen molar-refractivity contribution in [1.82, 2.24) is 4.90 Å². The van der Waals surface area contributed by atoms with Crippen molar-refractivity contribution in [3.8, 4) is 6.07 Å². The summed E-state index contributed by atoms with van der Waals surface area (Å²) in [5, 5.41) is 8.97. The molecule has 1 fully saturated rings. The molecule has 1 aliphatic rings. The summed E-state index contributed by atoms with van der Waals surface area (Å²) in [7, 11) is 2.18. The third-order valence-corrected chi connectivity index (χ3v) is 3.76. The maximum atomic E-state index is 8.97. The zero-order valence-electron chi connectivity index (χ0n) is 10.9. The molecule has 0 amide bonds. The van der Waals surface area contributed by atoms with Crippen LogP contribution in [0.25, 0.3) is 0 Å². The Hall–Kier alpha value is -0.590. The van der Waals surface area contributed by atoms with Gasteiger partial charge in [-0.1, -0.05) is 0 Å². The SMILES string of the molecule is CN(CCC(C)(C)C#N)C1CCC(N)CC1. The molecule has 0 radical (unpaired) electrons. The highest BCUT2D eigenvalue weighted by Gasteiger charge is 2.24. The molecule has 1 aliphatic carbocycles. The molecule has 2 N–H and O–H groups in total. The molecule has 0 aromatic rings. The van der Waals surface area contributed by atoms with Gasteiger partial charge in [0.15, 0.2) is 0 Å². The Bertz CT molecular complexity index is 246. The van der Waals surface area contributed by atoms with Crippen LogP contribution in [0.5, 0.6) is 0 Å². The molecule has 0 bridgehead atoms. The number of rotatable bonds is 4. The van der Waals surface area contributed by atoms with Crippen LogP contribution in [0.2, 0.25) is 0 Å². The lowest BCUT2D eigenvalue weighted by Gasteiger charge is -2.34. The molecular weight excluding hydrogens is 198 g/mol. The van der Waals surface area contributed by atoms with Crippen molar-refractivity contribution in [3.05, 3.63) is 0 Å². The molecule has 0 heterocycles. The Morgan fingerprint density at radius 3 is 2.38 bits per heavy atom. The van der Waals surface area contributed by atoms with Crippen molar-refractivity contribution in [2.75, 3.05) is 13.6 Å². The topological polar surface area (TPSA) is 53.0 Å². The first kappa shape index (κ1) is 13.5. The highest BCUT2D eigenvalue weighted by Crippen LogP contribution is 2.24. The summed E-state index contributed by atoms with van der Waals surface area (Å²) in [6.45, 7) is 5.04. The summed E-state index contributed by atoms with van der Waals surface area (Å²) in [6.07, 6.45) is 5.67. The molecule has 0 unspecified atom stereocenters. The second kappa shape index (κ2) is 5.65. The molecule has 92 valence electrons. The monoisotopic (exact) mass is 223 g/mol. The molecule has 0 atom stereocenters. The molecule has 0 aliphatic heterocycles. The highest BCUT2D eigenvalue weighted by atomic mass is 15.1. The fourth-order valence-corrected chi connectivity index (χ4v) is 2.24. The first-order valence-electron chi connectivity index (χ1n) is 6.32. The number of hydrogen-bond donors (Lipinski definition) is 1. The minimum atomic E-state index is -0.195. The van der Waals surface area contributed by atoms with Gasteiger partial charge in [-0.15, -0.1) is 0 Å². The molecule has 1 rings (SSSR count). The predicted molar refractivity (Wildman–Crippen MR) is 66.9 cm³/mol. The average molecular weight is 223 g/mol. The third-order valence-electron chi connectivity index (χ3n) is 3.76. The van der Waals surface area contributed by atoms with Crippen LogP contribution in [-0.4, -0.2) is 30.6 Å². The van der Waals surface area contributed by atoms with E-state index in [1.54, 1.807) is 0 Å². The summed E-state index contributed by atoms with van der Waals surface area (Å²) < 4.78 is 0. The fourth-order valence-electron chi connectivity index (χ4n) is 2.24. The maximum Gasteiger partial charge on any atom is 0.0684 e. The highest BCUT2D eigenvalue weighted by molar-refractivity contribution is 4.92.